The summed E-state index contributed by atoms with van der Waals surface area (Å²) in [4.78, 5) is 10.3. The van der Waals surface area contributed by atoms with Gasteiger partial charge in [-0.05, 0) is 0 Å². The van der Waals surface area contributed by atoms with E-state index >= 15 is 0 Å². The molecule has 1 fully saturated rings. The smallest absolute Gasteiger partial charge is 0.423 e. The average molecular weight is 131 g/mol. The molecule has 9 heavy (non-hydrogen) atoms. The largest absolute Gasteiger partial charge is 0.427 e. The number of nitrogens with two attached hydrogens (primary N) is 2. The quantitative estimate of drug-likeness (QED) is 0.185. The SMILES string of the molecule is NNC(=O)OC1(N)CC1. The molecular weight excluding hydrogens is 122 g/mol. The van der Waals surface area contributed by atoms with Crippen LogP contribution in [0.1, 0.15) is 12.8 Å². The van der Waals surface area contributed by atoms with E-state index in [1.54, 1.807) is 0 Å². The summed E-state index contributed by atoms with van der Waals surface area (Å²) < 4.78 is 4.60. The molecule has 0 aromatic carbocycles. The number of hydrogen-bond donors (Lipinski definition) is 3. The highest BCUT2D eigenvalue weighted by Crippen LogP contribution is 2.32. The number of ether oxygens (including phenoxy) is 1. The summed E-state index contributed by atoms with van der Waals surface area (Å²) in [7, 11) is 0. The highest BCUT2D eigenvalue weighted by Gasteiger charge is 2.42. The fourth-order valence-corrected chi connectivity index (χ4v) is 0.439. The molecule has 1 aliphatic carbocycles. The maximum Gasteiger partial charge on any atom is 0.423 e. The molecule has 0 saturated heterocycles. The molecule has 1 rings (SSSR count). The number of nitrogens with one attached hydrogen (secondary N) is 1. The van der Waals surface area contributed by atoms with Crippen molar-refractivity contribution in [3.8, 4) is 0 Å². The van der Waals surface area contributed by atoms with E-state index in [1.165, 1.54) is 0 Å². The summed E-state index contributed by atoms with van der Waals surface area (Å²) in [6.45, 7) is 0. The van der Waals surface area contributed by atoms with Crippen molar-refractivity contribution in [1.29, 1.82) is 0 Å². The topological polar surface area (TPSA) is 90.4 Å². The van der Waals surface area contributed by atoms with E-state index in [4.69, 9.17) is 11.6 Å². The van der Waals surface area contributed by atoms with Gasteiger partial charge in [0, 0.05) is 12.8 Å². The Kier molecular flexibility index (Phi) is 1.30. The Morgan fingerprint density at radius 1 is 1.67 bits per heavy atom. The Morgan fingerprint density at radius 2 is 2.22 bits per heavy atom. The van der Waals surface area contributed by atoms with Crippen molar-refractivity contribution in [2.24, 2.45) is 11.6 Å². The third kappa shape index (κ3) is 1.55. The van der Waals surface area contributed by atoms with Crippen molar-refractivity contribution in [3.63, 3.8) is 0 Å². The molecule has 5 heteroatoms. The molecule has 0 bridgehead atoms. The summed E-state index contributed by atoms with van der Waals surface area (Å²) in [6, 6.07) is 0. The zero-order valence-corrected chi connectivity index (χ0v) is 4.89. The minimum absolute atomic E-state index is 0.671. The van der Waals surface area contributed by atoms with Gasteiger partial charge in [0.1, 0.15) is 0 Å². The third-order valence-corrected chi connectivity index (χ3v) is 1.16. The fraction of sp³-hybridized carbons (Fsp3) is 0.750. The maximum atomic E-state index is 10.3. The average Bonchev–Trinajstić information content (AvgIpc) is 2.48. The molecular formula is C4H9N3O2. The zero-order chi connectivity index (χ0) is 6.91. The van der Waals surface area contributed by atoms with E-state index in [-0.39, 0.29) is 0 Å². The van der Waals surface area contributed by atoms with Gasteiger partial charge in [-0.3, -0.25) is 11.2 Å². The van der Waals surface area contributed by atoms with Gasteiger partial charge in [-0.2, -0.15) is 0 Å². The number of carbonyl (C=O) groups excluding carboxylic acids is 1. The van der Waals surface area contributed by atoms with Crippen LogP contribution < -0.4 is 17.0 Å². The van der Waals surface area contributed by atoms with Crippen molar-refractivity contribution in [2.45, 2.75) is 18.6 Å². The molecule has 0 atom stereocenters. The lowest BCUT2D eigenvalue weighted by molar-refractivity contribution is 0.0866. The predicted octanol–water partition coefficient (Wildman–Crippen LogP) is -0.965. The molecule has 0 unspecified atom stereocenters. The van der Waals surface area contributed by atoms with Crippen molar-refractivity contribution in [3.05, 3.63) is 0 Å². The minimum Gasteiger partial charge on any atom is -0.427 e. The molecule has 5 N–H and O–H groups in total. The Balaban J connectivity index is 2.25. The summed E-state index contributed by atoms with van der Waals surface area (Å²) in [5.74, 6) is 4.73. The highest BCUT2D eigenvalue weighted by atomic mass is 16.6. The van der Waals surface area contributed by atoms with Crippen LogP contribution in [0, 0.1) is 0 Å². The molecule has 0 aliphatic heterocycles. The van der Waals surface area contributed by atoms with Crippen LogP contribution in [0.3, 0.4) is 0 Å². The van der Waals surface area contributed by atoms with Crippen molar-refractivity contribution < 1.29 is 9.53 Å². The Hall–Kier alpha value is -0.810. The summed E-state index contributed by atoms with van der Waals surface area (Å²) in [6.07, 6.45) is 0.774. The molecule has 1 saturated carbocycles. The van der Waals surface area contributed by atoms with E-state index in [9.17, 15) is 4.79 Å². The van der Waals surface area contributed by atoms with Gasteiger partial charge in [0.15, 0.2) is 5.72 Å². The predicted molar refractivity (Wildman–Crippen MR) is 30.0 cm³/mol. The molecule has 0 heterocycles. The van der Waals surface area contributed by atoms with E-state index in [2.05, 4.69) is 4.74 Å². The third-order valence-electron chi connectivity index (χ3n) is 1.16. The van der Waals surface area contributed by atoms with Gasteiger partial charge in [-0.15, -0.1) is 0 Å². The first-order chi connectivity index (χ1) is 4.16. The van der Waals surface area contributed by atoms with Gasteiger partial charge in [0.05, 0.1) is 0 Å². The van der Waals surface area contributed by atoms with Crippen LogP contribution in [0.4, 0.5) is 4.79 Å². The standard InChI is InChI=1S/C4H9N3O2/c5-4(1-2-4)9-3(8)7-6/h1-2,5-6H2,(H,7,8). The van der Waals surface area contributed by atoms with Crippen LogP contribution in [-0.4, -0.2) is 11.8 Å². The van der Waals surface area contributed by atoms with Gasteiger partial charge in [0.25, 0.3) is 0 Å². The number of hydrazine groups is 1. The lowest BCUT2D eigenvalue weighted by atomic mass is 10.6. The second kappa shape index (κ2) is 1.85. The fourth-order valence-electron chi connectivity index (χ4n) is 0.439. The number of hydrogen-bond acceptors (Lipinski definition) is 4. The van der Waals surface area contributed by atoms with E-state index in [0.717, 1.165) is 12.8 Å². The van der Waals surface area contributed by atoms with Crippen molar-refractivity contribution in [1.82, 2.24) is 5.43 Å². The van der Waals surface area contributed by atoms with Gasteiger partial charge < -0.3 is 4.74 Å². The van der Waals surface area contributed by atoms with Crippen LogP contribution >= 0.6 is 0 Å². The highest BCUT2D eigenvalue weighted by molar-refractivity contribution is 5.67. The Bertz CT molecular complexity index is 132. The van der Waals surface area contributed by atoms with Gasteiger partial charge in [0.2, 0.25) is 0 Å². The van der Waals surface area contributed by atoms with Crippen LogP contribution in [0.5, 0.6) is 0 Å². The normalized spacial score (nSPS) is 20.7. The summed E-state index contributed by atoms with van der Waals surface area (Å²) in [5.41, 5.74) is 6.49. The first-order valence-corrected chi connectivity index (χ1v) is 2.65. The van der Waals surface area contributed by atoms with Crippen LogP contribution in [-0.2, 0) is 4.74 Å². The van der Waals surface area contributed by atoms with Gasteiger partial charge in [-0.25, -0.2) is 10.6 Å². The van der Waals surface area contributed by atoms with E-state index in [1.807, 2.05) is 5.43 Å². The maximum absolute atomic E-state index is 10.3. The van der Waals surface area contributed by atoms with E-state index < -0.39 is 11.8 Å². The Labute approximate surface area is 52.3 Å². The lowest BCUT2D eigenvalue weighted by Gasteiger charge is -2.08. The summed E-state index contributed by atoms with van der Waals surface area (Å²) >= 11 is 0. The van der Waals surface area contributed by atoms with Crippen LogP contribution in [0.15, 0.2) is 0 Å². The second-order valence-electron chi connectivity index (χ2n) is 2.10. The number of carbonyl (C=O) groups is 1. The Morgan fingerprint density at radius 3 is 2.56 bits per heavy atom. The molecule has 1 aliphatic rings. The van der Waals surface area contributed by atoms with Crippen LogP contribution in [0.2, 0.25) is 0 Å². The zero-order valence-electron chi connectivity index (χ0n) is 4.89. The first-order valence-electron chi connectivity index (χ1n) is 2.65. The molecule has 52 valence electrons. The second-order valence-corrected chi connectivity index (χ2v) is 2.10. The molecule has 0 spiro atoms. The molecule has 0 aromatic heterocycles. The number of amides is 1. The molecule has 5 nitrogen and oxygen atoms in total. The van der Waals surface area contributed by atoms with Gasteiger partial charge >= 0.3 is 6.09 Å². The first kappa shape index (κ1) is 6.31. The molecule has 1 amide bonds. The van der Waals surface area contributed by atoms with Gasteiger partial charge in [-0.1, -0.05) is 0 Å². The van der Waals surface area contributed by atoms with Crippen LogP contribution in [0.25, 0.3) is 0 Å². The molecule has 0 aromatic rings. The molecule has 0 radical (unpaired) electrons. The van der Waals surface area contributed by atoms with E-state index in [0.29, 0.717) is 0 Å². The lowest BCUT2D eigenvalue weighted by Crippen LogP contribution is -2.38. The number of rotatable bonds is 1. The van der Waals surface area contributed by atoms with Crippen molar-refractivity contribution in [2.75, 3.05) is 0 Å². The monoisotopic (exact) mass is 131 g/mol. The minimum atomic E-state index is -0.719. The summed E-state index contributed by atoms with van der Waals surface area (Å²) in [5, 5.41) is 0. The van der Waals surface area contributed by atoms with Crippen molar-refractivity contribution >= 4 is 6.09 Å².